The topological polar surface area (TPSA) is 54.0 Å². The van der Waals surface area contributed by atoms with Crippen LogP contribution in [0.3, 0.4) is 0 Å². The van der Waals surface area contributed by atoms with E-state index in [4.69, 9.17) is 18.9 Å². The lowest BCUT2D eigenvalue weighted by Gasteiger charge is -2.65. The average molecular weight is 421 g/mol. The second-order valence-corrected chi connectivity index (χ2v) is 11.3. The highest BCUT2D eigenvalue weighted by Crippen LogP contribution is 2.68. The van der Waals surface area contributed by atoms with Crippen LogP contribution in [0.15, 0.2) is 0 Å². The number of ether oxygens (including phenoxy) is 4. The van der Waals surface area contributed by atoms with Gasteiger partial charge in [-0.3, -0.25) is 0 Å². The van der Waals surface area contributed by atoms with Crippen molar-refractivity contribution < 1.29 is 23.7 Å². The monoisotopic (exact) mass is 420 g/mol. The number of methoxy groups -OCH3 is 2. The minimum absolute atomic E-state index is 0.0118. The summed E-state index contributed by atoms with van der Waals surface area (Å²) < 4.78 is 23.8. The predicted octanol–water partition coefficient (Wildman–Crippen LogP) is 4.72. The summed E-state index contributed by atoms with van der Waals surface area (Å²) in [5.74, 6) is 1.79. The molecule has 0 radical (unpaired) electrons. The van der Waals surface area contributed by atoms with Gasteiger partial charge in [0, 0.05) is 18.9 Å². The summed E-state index contributed by atoms with van der Waals surface area (Å²) in [5.41, 5.74) is 0.393. The van der Waals surface area contributed by atoms with E-state index in [0.29, 0.717) is 23.4 Å². The maximum atomic E-state index is 12.6. The Bertz CT molecular complexity index is 672. The van der Waals surface area contributed by atoms with E-state index in [1.807, 2.05) is 7.11 Å². The highest BCUT2D eigenvalue weighted by atomic mass is 16.7. The Morgan fingerprint density at radius 3 is 2.50 bits per heavy atom. The van der Waals surface area contributed by atoms with Crippen molar-refractivity contribution in [1.29, 1.82) is 0 Å². The second-order valence-electron chi connectivity index (χ2n) is 11.3. The van der Waals surface area contributed by atoms with E-state index in [9.17, 15) is 4.79 Å². The van der Waals surface area contributed by atoms with Crippen molar-refractivity contribution in [1.82, 2.24) is 0 Å². The highest BCUT2D eigenvalue weighted by Gasteiger charge is 2.67. The van der Waals surface area contributed by atoms with Crippen LogP contribution in [0, 0.1) is 34.5 Å². The lowest BCUT2D eigenvalue weighted by molar-refractivity contribution is -0.350. The first-order valence-corrected chi connectivity index (χ1v) is 12.3. The Morgan fingerprint density at radius 1 is 0.967 bits per heavy atom. The molecule has 9 atom stereocenters. The number of carbonyl (C=O) groups excluding carboxylic acids is 1. The highest BCUT2D eigenvalue weighted by molar-refractivity contribution is 5.74. The molecule has 5 fully saturated rings. The zero-order valence-electron chi connectivity index (χ0n) is 19.3. The first kappa shape index (κ1) is 21.2. The zero-order chi connectivity index (χ0) is 21.1. The van der Waals surface area contributed by atoms with Crippen molar-refractivity contribution in [3.8, 4) is 0 Å². The third-order valence-electron chi connectivity index (χ3n) is 10.5. The number of fused-ring (bicyclic) bond motifs is 6. The summed E-state index contributed by atoms with van der Waals surface area (Å²) in [6.45, 7) is 5.72. The van der Waals surface area contributed by atoms with Gasteiger partial charge in [0.05, 0.1) is 19.8 Å². The Morgan fingerprint density at radius 2 is 1.80 bits per heavy atom. The third-order valence-corrected chi connectivity index (χ3v) is 10.5. The fourth-order valence-electron chi connectivity index (χ4n) is 8.74. The molecule has 170 valence electrons. The molecule has 2 aliphatic heterocycles. The molecule has 1 spiro atoms. The van der Waals surface area contributed by atoms with E-state index >= 15 is 0 Å². The minimum Gasteiger partial charge on any atom is -0.467 e. The summed E-state index contributed by atoms with van der Waals surface area (Å²) in [7, 11) is 3.35. The first-order chi connectivity index (χ1) is 14.4. The molecule has 0 amide bonds. The van der Waals surface area contributed by atoms with Crippen molar-refractivity contribution in [2.45, 2.75) is 96.1 Å². The van der Waals surface area contributed by atoms with Crippen LogP contribution in [-0.2, 0) is 23.7 Å². The number of hydrogen-bond acceptors (Lipinski definition) is 5. The Labute approximate surface area is 181 Å². The molecule has 0 N–H and O–H groups in total. The molecule has 0 aromatic rings. The lowest BCUT2D eigenvalue weighted by atomic mass is 9.42. The smallest absolute Gasteiger partial charge is 0.335 e. The van der Waals surface area contributed by atoms with Crippen LogP contribution in [-0.4, -0.2) is 44.8 Å². The van der Waals surface area contributed by atoms with Gasteiger partial charge in [0.2, 0.25) is 0 Å². The third kappa shape index (κ3) is 2.87. The molecule has 0 aromatic carbocycles. The molecule has 0 unspecified atom stereocenters. The summed E-state index contributed by atoms with van der Waals surface area (Å²) in [6, 6.07) is 0. The van der Waals surface area contributed by atoms with Gasteiger partial charge in [-0.25, -0.2) is 4.79 Å². The largest absolute Gasteiger partial charge is 0.467 e. The van der Waals surface area contributed by atoms with E-state index in [2.05, 4.69) is 13.8 Å². The van der Waals surface area contributed by atoms with Crippen molar-refractivity contribution in [3.05, 3.63) is 0 Å². The molecule has 2 saturated heterocycles. The van der Waals surface area contributed by atoms with E-state index in [1.165, 1.54) is 45.6 Å². The maximum absolute atomic E-state index is 12.6. The summed E-state index contributed by atoms with van der Waals surface area (Å²) in [5, 5.41) is 0. The number of rotatable bonds is 2. The summed E-state index contributed by atoms with van der Waals surface area (Å²) in [6.07, 6.45) is 11.3. The van der Waals surface area contributed by atoms with Gasteiger partial charge in [0.15, 0.2) is 11.9 Å². The van der Waals surface area contributed by atoms with Crippen molar-refractivity contribution in [3.63, 3.8) is 0 Å². The molecule has 0 bridgehead atoms. The molecule has 5 heteroatoms. The fourth-order valence-corrected chi connectivity index (χ4v) is 8.74. The quantitative estimate of drug-likeness (QED) is 0.605. The fraction of sp³-hybridized carbons (Fsp3) is 0.960. The van der Waals surface area contributed by atoms with Gasteiger partial charge in [-0.2, -0.15) is 0 Å². The van der Waals surface area contributed by atoms with Gasteiger partial charge in [-0.15, -0.1) is 0 Å². The Kier molecular flexibility index (Phi) is 5.27. The minimum atomic E-state index is -0.606. The van der Waals surface area contributed by atoms with Crippen LogP contribution in [0.5, 0.6) is 0 Å². The Balaban J connectivity index is 1.47. The molecular weight excluding hydrogens is 380 g/mol. The van der Waals surface area contributed by atoms with Crippen LogP contribution in [0.2, 0.25) is 0 Å². The summed E-state index contributed by atoms with van der Waals surface area (Å²) in [4.78, 5) is 12.6. The normalized spacial score (nSPS) is 52.9. The van der Waals surface area contributed by atoms with Crippen LogP contribution in [0.4, 0.5) is 0 Å². The van der Waals surface area contributed by atoms with Crippen LogP contribution in [0.1, 0.15) is 78.1 Å². The van der Waals surface area contributed by atoms with Gasteiger partial charge >= 0.3 is 5.97 Å². The van der Waals surface area contributed by atoms with E-state index in [0.717, 1.165) is 44.1 Å². The first-order valence-electron chi connectivity index (χ1n) is 12.3. The van der Waals surface area contributed by atoms with E-state index in [-0.39, 0.29) is 11.4 Å². The predicted molar refractivity (Wildman–Crippen MR) is 113 cm³/mol. The number of esters is 1. The van der Waals surface area contributed by atoms with Crippen molar-refractivity contribution in [2.24, 2.45) is 34.5 Å². The van der Waals surface area contributed by atoms with E-state index < -0.39 is 11.9 Å². The van der Waals surface area contributed by atoms with Crippen LogP contribution >= 0.6 is 0 Å². The molecule has 0 aromatic heterocycles. The number of carbonyl (C=O) groups is 1. The molecule has 3 aliphatic carbocycles. The molecule has 2 heterocycles. The molecular formula is C25H40O5. The SMILES string of the molecule is COC(=O)[C@H]1C[C@H]2[C@@H]3CC[C@H]4C[C@@H](OC)CC[C@]4(C)[C@H]3CC[C@]2(C)[C@@]2(CCCO2)O1. The molecule has 5 nitrogen and oxygen atoms in total. The van der Waals surface area contributed by atoms with Gasteiger partial charge in [0.25, 0.3) is 0 Å². The molecule has 30 heavy (non-hydrogen) atoms. The second kappa shape index (κ2) is 7.45. The van der Waals surface area contributed by atoms with E-state index in [1.54, 1.807) is 0 Å². The van der Waals surface area contributed by atoms with Gasteiger partial charge in [-0.1, -0.05) is 13.8 Å². The van der Waals surface area contributed by atoms with Gasteiger partial charge < -0.3 is 18.9 Å². The van der Waals surface area contributed by atoms with Gasteiger partial charge in [0.1, 0.15) is 0 Å². The summed E-state index contributed by atoms with van der Waals surface area (Å²) >= 11 is 0. The Hall–Kier alpha value is -0.650. The molecule has 3 saturated carbocycles. The zero-order valence-corrected chi connectivity index (χ0v) is 19.3. The lowest BCUT2D eigenvalue weighted by Crippen LogP contribution is -2.65. The number of hydrogen-bond donors (Lipinski definition) is 0. The molecule has 5 aliphatic rings. The average Bonchev–Trinajstić information content (AvgIpc) is 3.23. The van der Waals surface area contributed by atoms with Crippen molar-refractivity contribution in [2.75, 3.05) is 20.8 Å². The maximum Gasteiger partial charge on any atom is 0.335 e. The van der Waals surface area contributed by atoms with Crippen molar-refractivity contribution >= 4 is 5.97 Å². The van der Waals surface area contributed by atoms with Crippen LogP contribution in [0.25, 0.3) is 0 Å². The van der Waals surface area contributed by atoms with Gasteiger partial charge in [-0.05, 0) is 86.9 Å². The molecule has 5 rings (SSSR count). The standard InChI is InChI=1S/C25H40O5/c1-23-11-8-17(27-3)14-16(23)6-7-18-19(23)9-12-24(2)20(18)15-21(22(26)28-4)30-25(24)10-5-13-29-25/h16-21H,5-15H2,1-4H3/t16-,17-,18+,19-,20-,21+,23-,24-,25+/m0/s1. The van der Waals surface area contributed by atoms with Crippen LogP contribution < -0.4 is 0 Å².